The molecule has 234 valence electrons. The molecular weight excluding hydrogens is 625 g/mol. The van der Waals surface area contributed by atoms with Crippen LogP contribution in [0.2, 0.25) is 0 Å². The first kappa shape index (κ1) is 32.9. The fourth-order valence-electron chi connectivity index (χ4n) is 4.59. The van der Waals surface area contributed by atoms with Crippen LogP contribution in [0.1, 0.15) is 39.5 Å². The Morgan fingerprint density at radius 3 is 2.21 bits per heavy atom. The summed E-state index contributed by atoms with van der Waals surface area (Å²) < 4.78 is 0. The van der Waals surface area contributed by atoms with Crippen molar-refractivity contribution in [2.24, 2.45) is 0 Å². The van der Waals surface area contributed by atoms with E-state index < -0.39 is 17.1 Å². The number of hydrogen-bond donors (Lipinski definition) is 3. The summed E-state index contributed by atoms with van der Waals surface area (Å²) in [5, 5.41) is 20.3. The molecule has 4 aromatic carbocycles. The van der Waals surface area contributed by atoms with Gasteiger partial charge in [0.25, 0.3) is 11.8 Å². The first-order chi connectivity index (χ1) is 22.7. The van der Waals surface area contributed by atoms with E-state index in [0.717, 1.165) is 32.7 Å². The molecular formula is C38H32N4O3S2. The van der Waals surface area contributed by atoms with Gasteiger partial charge in [0, 0.05) is 27.1 Å². The van der Waals surface area contributed by atoms with Gasteiger partial charge in [-0.15, -0.1) is 23.1 Å². The van der Waals surface area contributed by atoms with Gasteiger partial charge in [-0.3, -0.25) is 14.4 Å². The number of nitrogens with zero attached hydrogens (tertiary/aromatic N) is 1. The van der Waals surface area contributed by atoms with E-state index in [4.69, 9.17) is 0 Å². The van der Waals surface area contributed by atoms with E-state index >= 15 is 0 Å². The van der Waals surface area contributed by atoms with E-state index in [1.165, 1.54) is 23.1 Å². The van der Waals surface area contributed by atoms with Gasteiger partial charge in [-0.25, -0.2) is 0 Å². The van der Waals surface area contributed by atoms with Crippen molar-refractivity contribution in [3.8, 4) is 17.2 Å². The van der Waals surface area contributed by atoms with Crippen LogP contribution < -0.4 is 16.0 Å². The Morgan fingerprint density at radius 2 is 1.53 bits per heavy atom. The molecule has 3 N–H and O–H groups in total. The molecule has 0 saturated carbocycles. The normalized spacial score (nSPS) is 11.7. The van der Waals surface area contributed by atoms with E-state index in [9.17, 15) is 19.6 Å². The highest BCUT2D eigenvalue weighted by molar-refractivity contribution is 8.00. The van der Waals surface area contributed by atoms with Gasteiger partial charge in [0.15, 0.2) is 0 Å². The lowest BCUT2D eigenvalue weighted by Crippen LogP contribution is -2.30. The highest BCUT2D eigenvalue weighted by Crippen LogP contribution is 2.36. The third-order valence-corrected chi connectivity index (χ3v) is 9.18. The van der Waals surface area contributed by atoms with Crippen LogP contribution in [0.5, 0.6) is 0 Å². The fraction of sp³-hybridized carbons (Fsp3) is 0.105. The molecule has 0 aliphatic carbocycles. The molecule has 0 spiro atoms. The summed E-state index contributed by atoms with van der Waals surface area (Å²) in [5.41, 5.74) is 6.11. The Kier molecular flexibility index (Phi) is 10.7. The number of benzene rings is 4. The molecule has 5 rings (SSSR count). The zero-order chi connectivity index (χ0) is 33.3. The second kappa shape index (κ2) is 15.2. The topological polar surface area (TPSA) is 111 Å². The van der Waals surface area contributed by atoms with Crippen molar-refractivity contribution < 1.29 is 14.4 Å². The Bertz CT molecular complexity index is 1980. The maximum absolute atomic E-state index is 13.5. The summed E-state index contributed by atoms with van der Waals surface area (Å²) in [6.45, 7) is 5.76. The van der Waals surface area contributed by atoms with Crippen molar-refractivity contribution in [3.05, 3.63) is 142 Å². The van der Waals surface area contributed by atoms with Gasteiger partial charge in [-0.05, 0) is 68.3 Å². The molecule has 0 fully saturated rings. The van der Waals surface area contributed by atoms with Crippen LogP contribution in [-0.4, -0.2) is 23.0 Å². The van der Waals surface area contributed by atoms with Crippen molar-refractivity contribution in [2.75, 3.05) is 10.6 Å². The minimum atomic E-state index is -0.500. The number of carbonyl (C=O) groups is 3. The lowest BCUT2D eigenvalue weighted by Gasteiger charge is -2.14. The number of amides is 3. The average Bonchev–Trinajstić information content (AvgIpc) is 3.48. The van der Waals surface area contributed by atoms with E-state index in [2.05, 4.69) is 22.0 Å². The lowest BCUT2D eigenvalue weighted by atomic mass is 10.0. The molecule has 0 aliphatic rings. The maximum Gasteiger partial charge on any atom is 0.272 e. The second-order valence-corrected chi connectivity index (χ2v) is 13.1. The molecule has 5 aromatic rings. The summed E-state index contributed by atoms with van der Waals surface area (Å²) >= 11 is 2.65. The smallest absolute Gasteiger partial charge is 0.272 e. The summed E-state index contributed by atoms with van der Waals surface area (Å²) in [4.78, 5) is 40.4. The first-order valence-corrected chi connectivity index (χ1v) is 16.6. The average molecular weight is 657 g/mol. The third kappa shape index (κ3) is 8.64. The van der Waals surface area contributed by atoms with Crippen LogP contribution >= 0.6 is 23.1 Å². The Balaban J connectivity index is 1.27. The zero-order valence-electron chi connectivity index (χ0n) is 26.0. The quantitative estimate of drug-likeness (QED) is 0.103. The Hall–Kier alpha value is -5.43. The maximum atomic E-state index is 13.5. The summed E-state index contributed by atoms with van der Waals surface area (Å²) in [6.07, 6.45) is 1.63. The van der Waals surface area contributed by atoms with Gasteiger partial charge in [-0.2, -0.15) is 5.26 Å². The van der Waals surface area contributed by atoms with Crippen molar-refractivity contribution >= 4 is 57.6 Å². The number of rotatable bonds is 10. The standard InChI is InChI=1S/C38H32N4O3S2/c1-24-12-16-27(17-13-24)20-34(41-36(44)29-8-5-4-6-9-29)37(45)40-30-10-7-11-31(21-30)47-26(3)35(43)42-38-32(22-39)33(23-46-38)28-18-14-25(2)15-19-28/h4-21,23,26H,1-3H3,(H,40,45)(H,41,44)(H,42,43)/b34-20+. The fourth-order valence-corrected chi connectivity index (χ4v) is 6.44. The van der Waals surface area contributed by atoms with Gasteiger partial charge < -0.3 is 16.0 Å². The van der Waals surface area contributed by atoms with Gasteiger partial charge in [-0.1, -0.05) is 83.9 Å². The molecule has 1 atom stereocenters. The third-order valence-electron chi connectivity index (χ3n) is 7.19. The number of hydrogen-bond acceptors (Lipinski definition) is 6. The molecule has 7 nitrogen and oxygen atoms in total. The van der Waals surface area contributed by atoms with E-state index in [1.54, 1.807) is 55.5 Å². The van der Waals surface area contributed by atoms with Crippen LogP contribution in [0.15, 0.2) is 119 Å². The first-order valence-electron chi connectivity index (χ1n) is 14.8. The van der Waals surface area contributed by atoms with Crippen molar-refractivity contribution in [3.63, 3.8) is 0 Å². The largest absolute Gasteiger partial charge is 0.321 e. The second-order valence-electron chi connectivity index (χ2n) is 10.9. The molecule has 47 heavy (non-hydrogen) atoms. The monoisotopic (exact) mass is 656 g/mol. The SMILES string of the molecule is Cc1ccc(/C=C(/NC(=O)c2ccccc2)C(=O)Nc2cccc(SC(C)C(=O)Nc3scc(-c4ccc(C)cc4)c3C#N)c2)cc1. The predicted molar refractivity (Wildman–Crippen MR) is 191 cm³/mol. The number of thiophene rings is 1. The highest BCUT2D eigenvalue weighted by Gasteiger charge is 2.20. The van der Waals surface area contributed by atoms with Crippen LogP contribution in [0.3, 0.4) is 0 Å². The molecule has 1 heterocycles. The Morgan fingerprint density at radius 1 is 0.851 bits per heavy atom. The molecule has 0 aliphatic heterocycles. The number of nitrogens with one attached hydrogen (secondary N) is 3. The van der Waals surface area contributed by atoms with Crippen molar-refractivity contribution in [1.29, 1.82) is 5.26 Å². The number of anilines is 2. The van der Waals surface area contributed by atoms with Gasteiger partial charge in [0.1, 0.15) is 16.8 Å². The van der Waals surface area contributed by atoms with Crippen LogP contribution in [0.25, 0.3) is 17.2 Å². The highest BCUT2D eigenvalue weighted by atomic mass is 32.2. The Labute approximate surface area is 282 Å². The molecule has 0 saturated heterocycles. The lowest BCUT2D eigenvalue weighted by molar-refractivity contribution is -0.115. The van der Waals surface area contributed by atoms with Crippen LogP contribution in [0, 0.1) is 25.2 Å². The molecule has 0 bridgehead atoms. The molecule has 9 heteroatoms. The van der Waals surface area contributed by atoms with E-state index in [0.29, 0.717) is 21.8 Å². The van der Waals surface area contributed by atoms with Crippen LogP contribution in [0.4, 0.5) is 10.7 Å². The molecule has 3 amide bonds. The number of nitriles is 1. The minimum Gasteiger partial charge on any atom is -0.321 e. The van der Waals surface area contributed by atoms with Gasteiger partial charge in [0.05, 0.1) is 10.8 Å². The number of carbonyl (C=O) groups excluding carboxylic acids is 3. The summed E-state index contributed by atoms with van der Waals surface area (Å²) in [5.74, 6) is -1.14. The van der Waals surface area contributed by atoms with Crippen molar-refractivity contribution in [1.82, 2.24) is 5.32 Å². The van der Waals surface area contributed by atoms with Gasteiger partial charge >= 0.3 is 0 Å². The zero-order valence-corrected chi connectivity index (χ0v) is 27.7. The van der Waals surface area contributed by atoms with Crippen LogP contribution in [-0.2, 0) is 9.59 Å². The van der Waals surface area contributed by atoms with Crippen molar-refractivity contribution in [2.45, 2.75) is 30.9 Å². The summed E-state index contributed by atoms with van der Waals surface area (Å²) in [6, 6.07) is 33.6. The van der Waals surface area contributed by atoms with E-state index in [-0.39, 0.29) is 11.6 Å². The molecule has 1 unspecified atom stereocenters. The number of aryl methyl sites for hydroxylation is 2. The predicted octanol–water partition coefficient (Wildman–Crippen LogP) is 8.43. The number of thioether (sulfide) groups is 1. The van der Waals surface area contributed by atoms with E-state index in [1.807, 2.05) is 79.9 Å². The summed E-state index contributed by atoms with van der Waals surface area (Å²) in [7, 11) is 0. The molecule has 1 aromatic heterocycles. The van der Waals surface area contributed by atoms with Gasteiger partial charge in [0.2, 0.25) is 5.91 Å². The molecule has 0 radical (unpaired) electrons. The minimum absolute atomic E-state index is 0.0859.